The van der Waals surface area contributed by atoms with Gasteiger partial charge in [-0.3, -0.25) is 0 Å². The zero-order valence-electron chi connectivity index (χ0n) is 7.72. The predicted molar refractivity (Wildman–Crippen MR) is 51.8 cm³/mol. The first-order chi connectivity index (χ1) is 6.78. The van der Waals surface area contributed by atoms with Gasteiger partial charge in [0.25, 0.3) is 0 Å². The van der Waals surface area contributed by atoms with Crippen LogP contribution in [0.25, 0.3) is 0 Å². The van der Waals surface area contributed by atoms with E-state index in [0.717, 1.165) is 6.42 Å². The molecular weight excluding hydrogens is 202 g/mol. The lowest BCUT2D eigenvalue weighted by molar-refractivity contribution is 0.0162. The van der Waals surface area contributed by atoms with Gasteiger partial charge < -0.3 is 15.6 Å². The van der Waals surface area contributed by atoms with Crippen LogP contribution in [0.2, 0.25) is 0 Å². The number of aliphatic hydroxyl groups is 1. The number of nitrogens with zero attached hydrogens (tertiary/aromatic N) is 2. The number of aromatic nitrogens is 2. The number of hydrogen-bond donors (Lipinski definition) is 2. The van der Waals surface area contributed by atoms with E-state index in [1.54, 1.807) is 5.38 Å². The molecule has 0 aromatic carbocycles. The van der Waals surface area contributed by atoms with Gasteiger partial charge >= 0.3 is 0 Å². The molecule has 1 fully saturated rings. The molecule has 14 heavy (non-hydrogen) atoms. The van der Waals surface area contributed by atoms with Crippen LogP contribution in [0, 0.1) is 5.41 Å². The Balaban J connectivity index is 2.19. The molecule has 5 nitrogen and oxygen atoms in total. The van der Waals surface area contributed by atoms with Crippen molar-refractivity contribution in [3.63, 3.8) is 0 Å². The Bertz CT molecular complexity index is 285. The molecule has 78 valence electrons. The number of rotatable bonds is 3. The minimum absolute atomic E-state index is 0.365. The standard InChI is InChI=1S/C8H13N3O2S/c9-4-8(1-2-13-5-8)7(12)6-3-14-11-10-6/h3,7,12H,1-2,4-5,9H2. The lowest BCUT2D eigenvalue weighted by Gasteiger charge is -2.29. The van der Waals surface area contributed by atoms with E-state index in [4.69, 9.17) is 10.5 Å². The second-order valence-corrected chi connectivity index (χ2v) is 4.21. The van der Waals surface area contributed by atoms with Crippen LogP contribution in [0.4, 0.5) is 0 Å². The van der Waals surface area contributed by atoms with E-state index >= 15 is 0 Å². The van der Waals surface area contributed by atoms with Gasteiger partial charge in [0.2, 0.25) is 0 Å². The minimum atomic E-state index is -0.659. The van der Waals surface area contributed by atoms with Gasteiger partial charge in [0.15, 0.2) is 0 Å². The topological polar surface area (TPSA) is 81.3 Å². The molecule has 0 bridgehead atoms. The molecule has 3 N–H and O–H groups in total. The highest BCUT2D eigenvalue weighted by molar-refractivity contribution is 7.03. The molecule has 0 aliphatic carbocycles. The molecule has 1 aliphatic rings. The normalized spacial score (nSPS) is 29.3. The summed E-state index contributed by atoms with van der Waals surface area (Å²) in [5.41, 5.74) is 5.93. The monoisotopic (exact) mass is 215 g/mol. The number of aliphatic hydroxyl groups excluding tert-OH is 1. The maximum Gasteiger partial charge on any atom is 0.108 e. The van der Waals surface area contributed by atoms with Gasteiger partial charge in [0.05, 0.1) is 6.61 Å². The molecule has 2 heterocycles. The van der Waals surface area contributed by atoms with Crippen LogP contribution >= 0.6 is 11.5 Å². The lowest BCUT2D eigenvalue weighted by Crippen LogP contribution is -2.37. The van der Waals surface area contributed by atoms with Gasteiger partial charge in [0.1, 0.15) is 11.8 Å². The van der Waals surface area contributed by atoms with Crippen molar-refractivity contribution < 1.29 is 9.84 Å². The third kappa shape index (κ3) is 1.54. The van der Waals surface area contributed by atoms with Crippen molar-refractivity contribution in [1.29, 1.82) is 0 Å². The van der Waals surface area contributed by atoms with E-state index in [1.165, 1.54) is 11.5 Å². The average Bonchev–Trinajstić information content (AvgIpc) is 2.89. The molecule has 1 aliphatic heterocycles. The Hall–Kier alpha value is -0.560. The molecule has 0 spiro atoms. The van der Waals surface area contributed by atoms with Gasteiger partial charge in [-0.1, -0.05) is 4.49 Å². The second kappa shape index (κ2) is 3.90. The fraction of sp³-hybridized carbons (Fsp3) is 0.750. The molecule has 1 aromatic heterocycles. The Labute approximate surface area is 86.1 Å². The first kappa shape index (κ1) is 9.97. The first-order valence-electron chi connectivity index (χ1n) is 4.51. The minimum Gasteiger partial charge on any atom is -0.386 e. The van der Waals surface area contributed by atoms with Crippen LogP contribution in [-0.2, 0) is 4.74 Å². The molecular formula is C8H13N3O2S. The highest BCUT2D eigenvalue weighted by Gasteiger charge is 2.42. The zero-order chi connectivity index (χ0) is 10.0. The van der Waals surface area contributed by atoms with Crippen molar-refractivity contribution in [2.45, 2.75) is 12.5 Å². The van der Waals surface area contributed by atoms with Crippen molar-refractivity contribution in [3.05, 3.63) is 11.1 Å². The van der Waals surface area contributed by atoms with Crippen molar-refractivity contribution >= 4 is 11.5 Å². The average molecular weight is 215 g/mol. The summed E-state index contributed by atoms with van der Waals surface area (Å²) >= 11 is 1.23. The Morgan fingerprint density at radius 3 is 3.14 bits per heavy atom. The number of ether oxygens (including phenoxy) is 1. The lowest BCUT2D eigenvalue weighted by atomic mass is 9.80. The smallest absolute Gasteiger partial charge is 0.108 e. The summed E-state index contributed by atoms with van der Waals surface area (Å²) in [5.74, 6) is 0. The molecule has 2 unspecified atom stereocenters. The summed E-state index contributed by atoms with van der Waals surface area (Å²) in [6, 6.07) is 0. The van der Waals surface area contributed by atoms with E-state index in [0.29, 0.717) is 25.5 Å². The quantitative estimate of drug-likeness (QED) is 0.738. The van der Waals surface area contributed by atoms with Gasteiger partial charge in [0, 0.05) is 23.9 Å². The molecule has 2 atom stereocenters. The summed E-state index contributed by atoms with van der Waals surface area (Å²) in [4.78, 5) is 0. The molecule has 1 aromatic rings. The van der Waals surface area contributed by atoms with Crippen LogP contribution in [0.5, 0.6) is 0 Å². The summed E-state index contributed by atoms with van der Waals surface area (Å²) in [6.07, 6.45) is 0.121. The second-order valence-electron chi connectivity index (χ2n) is 3.60. The van der Waals surface area contributed by atoms with Crippen LogP contribution in [0.1, 0.15) is 18.2 Å². The summed E-state index contributed by atoms with van der Waals surface area (Å²) in [6.45, 7) is 1.57. The SMILES string of the molecule is NCC1(C(O)c2csnn2)CCOC1. The van der Waals surface area contributed by atoms with Crippen molar-refractivity contribution in [3.8, 4) is 0 Å². The fourth-order valence-corrected chi connectivity index (χ4v) is 2.19. The Kier molecular flexibility index (Phi) is 2.78. The highest BCUT2D eigenvalue weighted by Crippen LogP contribution is 2.39. The third-order valence-corrected chi connectivity index (χ3v) is 3.30. The summed E-state index contributed by atoms with van der Waals surface area (Å²) in [7, 11) is 0. The summed E-state index contributed by atoms with van der Waals surface area (Å²) < 4.78 is 9.02. The Morgan fingerprint density at radius 2 is 2.64 bits per heavy atom. The highest BCUT2D eigenvalue weighted by atomic mass is 32.1. The van der Waals surface area contributed by atoms with Crippen molar-refractivity contribution in [1.82, 2.24) is 9.59 Å². The Morgan fingerprint density at radius 1 is 1.79 bits per heavy atom. The number of hydrogen-bond acceptors (Lipinski definition) is 6. The van der Waals surface area contributed by atoms with E-state index in [1.807, 2.05) is 0 Å². The van der Waals surface area contributed by atoms with Crippen LogP contribution in [0.15, 0.2) is 5.38 Å². The van der Waals surface area contributed by atoms with Crippen LogP contribution in [-0.4, -0.2) is 34.5 Å². The first-order valence-corrected chi connectivity index (χ1v) is 5.35. The molecule has 2 rings (SSSR count). The van der Waals surface area contributed by atoms with Gasteiger partial charge in [-0.25, -0.2) is 0 Å². The van der Waals surface area contributed by atoms with Crippen molar-refractivity contribution in [2.24, 2.45) is 11.1 Å². The molecule has 6 heteroatoms. The maximum absolute atomic E-state index is 10.1. The molecule has 0 saturated carbocycles. The van der Waals surface area contributed by atoms with Gasteiger partial charge in [-0.2, -0.15) is 0 Å². The molecule has 0 radical (unpaired) electrons. The zero-order valence-corrected chi connectivity index (χ0v) is 8.54. The molecule has 1 saturated heterocycles. The van der Waals surface area contributed by atoms with E-state index < -0.39 is 6.10 Å². The van der Waals surface area contributed by atoms with E-state index in [2.05, 4.69) is 9.59 Å². The summed E-state index contributed by atoms with van der Waals surface area (Å²) in [5, 5.41) is 15.7. The predicted octanol–water partition coefficient (Wildman–Crippen LogP) is -0.0631. The third-order valence-electron chi connectivity index (χ3n) is 2.78. The largest absolute Gasteiger partial charge is 0.386 e. The van der Waals surface area contributed by atoms with E-state index in [-0.39, 0.29) is 5.41 Å². The van der Waals surface area contributed by atoms with Crippen LogP contribution in [0.3, 0.4) is 0 Å². The van der Waals surface area contributed by atoms with Crippen molar-refractivity contribution in [2.75, 3.05) is 19.8 Å². The maximum atomic E-state index is 10.1. The van der Waals surface area contributed by atoms with Gasteiger partial charge in [-0.05, 0) is 18.0 Å². The number of nitrogens with two attached hydrogens (primary N) is 1. The van der Waals surface area contributed by atoms with Crippen LogP contribution < -0.4 is 5.73 Å². The molecule has 0 amide bonds. The fourth-order valence-electron chi connectivity index (χ4n) is 1.72. The van der Waals surface area contributed by atoms with Gasteiger partial charge in [-0.15, -0.1) is 5.10 Å². The van der Waals surface area contributed by atoms with E-state index in [9.17, 15) is 5.11 Å².